The molecular weight excluding hydrogens is 194 g/mol. The van der Waals surface area contributed by atoms with E-state index in [9.17, 15) is 8.78 Å². The molecule has 0 aromatic rings. The molecule has 0 saturated heterocycles. The van der Waals surface area contributed by atoms with Gasteiger partial charge in [-0.2, -0.15) is 0 Å². The highest BCUT2D eigenvalue weighted by Crippen LogP contribution is 2.12. The highest BCUT2D eigenvalue weighted by atomic mass is 19.2. The summed E-state index contributed by atoms with van der Waals surface area (Å²) in [5.74, 6) is 0. The Morgan fingerprint density at radius 2 is 1.27 bits per heavy atom. The third-order valence-corrected chi connectivity index (χ3v) is 2.79. The highest BCUT2D eigenvalue weighted by molar-refractivity contribution is 4.54. The lowest BCUT2D eigenvalue weighted by atomic mass is 10.1. The molecule has 0 bridgehead atoms. The Balaban J connectivity index is 2.92. The van der Waals surface area contributed by atoms with Gasteiger partial charge in [0.15, 0.2) is 0 Å². The van der Waals surface area contributed by atoms with Gasteiger partial charge in [0.25, 0.3) is 0 Å². The molecule has 0 aliphatic carbocycles. The molecule has 0 heterocycles. The molecule has 92 valence electrons. The number of hydrogen-bond donors (Lipinski definition) is 0. The van der Waals surface area contributed by atoms with E-state index in [1.165, 1.54) is 44.9 Å². The summed E-state index contributed by atoms with van der Waals surface area (Å²) < 4.78 is 24.2. The molecular formula is C13H26F2. The third kappa shape index (κ3) is 11.8. The monoisotopic (exact) mass is 220 g/mol. The van der Waals surface area contributed by atoms with Crippen molar-refractivity contribution in [3.05, 3.63) is 0 Å². The summed E-state index contributed by atoms with van der Waals surface area (Å²) in [7, 11) is 0. The predicted molar refractivity (Wildman–Crippen MR) is 62.7 cm³/mol. The van der Waals surface area contributed by atoms with Crippen LogP contribution in [0.3, 0.4) is 0 Å². The normalized spacial score (nSPS) is 13.0. The summed E-state index contributed by atoms with van der Waals surface area (Å²) in [5, 5.41) is 0. The van der Waals surface area contributed by atoms with Crippen LogP contribution in [0.4, 0.5) is 8.78 Å². The summed E-state index contributed by atoms with van der Waals surface area (Å²) in [4.78, 5) is 0. The van der Waals surface area contributed by atoms with Gasteiger partial charge in [-0.1, -0.05) is 64.7 Å². The maximum absolute atomic E-state index is 12.5. The molecule has 0 fully saturated rings. The van der Waals surface area contributed by atoms with Crippen molar-refractivity contribution in [2.45, 2.75) is 77.3 Å². The lowest BCUT2D eigenvalue weighted by Gasteiger charge is -2.03. The van der Waals surface area contributed by atoms with Crippen LogP contribution in [-0.2, 0) is 0 Å². The van der Waals surface area contributed by atoms with Gasteiger partial charge in [-0.05, 0) is 6.42 Å². The fourth-order valence-electron chi connectivity index (χ4n) is 1.75. The Morgan fingerprint density at radius 3 is 1.73 bits per heavy atom. The second kappa shape index (κ2) is 11.9. The van der Waals surface area contributed by atoms with Crippen LogP contribution in [0.15, 0.2) is 0 Å². The van der Waals surface area contributed by atoms with Crippen LogP contribution in [0.2, 0.25) is 0 Å². The van der Waals surface area contributed by atoms with Gasteiger partial charge in [0.05, 0.1) is 0 Å². The van der Waals surface area contributed by atoms with E-state index in [2.05, 4.69) is 6.92 Å². The van der Waals surface area contributed by atoms with Gasteiger partial charge in [-0.25, -0.2) is 8.78 Å². The number of alkyl halides is 2. The number of halogens is 2. The van der Waals surface area contributed by atoms with Crippen molar-refractivity contribution in [1.29, 1.82) is 0 Å². The average molecular weight is 220 g/mol. The van der Waals surface area contributed by atoms with E-state index in [4.69, 9.17) is 0 Å². The SMILES string of the molecule is CCCCCCCCCCC[C@@H](F)CF. The molecule has 0 rings (SSSR count). The summed E-state index contributed by atoms with van der Waals surface area (Å²) >= 11 is 0. The van der Waals surface area contributed by atoms with E-state index in [1.54, 1.807) is 0 Å². The molecule has 2 heteroatoms. The first-order chi connectivity index (χ1) is 7.31. The van der Waals surface area contributed by atoms with E-state index in [-0.39, 0.29) is 0 Å². The molecule has 0 N–H and O–H groups in total. The van der Waals surface area contributed by atoms with Crippen LogP contribution >= 0.6 is 0 Å². The Bertz CT molecular complexity index is 115. The Kier molecular flexibility index (Phi) is 11.8. The lowest BCUT2D eigenvalue weighted by molar-refractivity contribution is 0.241. The molecule has 0 saturated carbocycles. The van der Waals surface area contributed by atoms with Gasteiger partial charge in [-0.3, -0.25) is 0 Å². The second-order valence-electron chi connectivity index (χ2n) is 4.37. The van der Waals surface area contributed by atoms with Crippen LogP contribution in [0.25, 0.3) is 0 Å². The van der Waals surface area contributed by atoms with Gasteiger partial charge >= 0.3 is 0 Å². The van der Waals surface area contributed by atoms with Crippen molar-refractivity contribution in [3.8, 4) is 0 Å². The molecule has 0 aromatic heterocycles. The molecule has 0 radical (unpaired) electrons. The fourth-order valence-corrected chi connectivity index (χ4v) is 1.75. The lowest BCUT2D eigenvalue weighted by Crippen LogP contribution is -2.01. The topological polar surface area (TPSA) is 0 Å². The predicted octanol–water partition coefficient (Wildman–Crippen LogP) is 5.21. The van der Waals surface area contributed by atoms with Gasteiger partial charge < -0.3 is 0 Å². The van der Waals surface area contributed by atoms with Crippen LogP contribution in [-0.4, -0.2) is 12.8 Å². The first-order valence-corrected chi connectivity index (χ1v) is 6.51. The largest absolute Gasteiger partial charge is 0.248 e. The van der Waals surface area contributed by atoms with Crippen molar-refractivity contribution in [3.63, 3.8) is 0 Å². The van der Waals surface area contributed by atoms with Gasteiger partial charge in [0.2, 0.25) is 0 Å². The van der Waals surface area contributed by atoms with Gasteiger partial charge in [-0.15, -0.1) is 0 Å². The van der Waals surface area contributed by atoms with Crippen LogP contribution in [0, 0.1) is 0 Å². The zero-order valence-corrected chi connectivity index (χ0v) is 10.1. The summed E-state index contributed by atoms with van der Waals surface area (Å²) in [6.45, 7) is 1.41. The highest BCUT2D eigenvalue weighted by Gasteiger charge is 2.03. The molecule has 0 spiro atoms. The zero-order chi connectivity index (χ0) is 11.4. The molecule has 15 heavy (non-hydrogen) atoms. The van der Waals surface area contributed by atoms with E-state index < -0.39 is 12.8 Å². The first-order valence-electron chi connectivity index (χ1n) is 6.51. The Labute approximate surface area is 93.4 Å². The average Bonchev–Trinajstić information content (AvgIpc) is 2.26. The summed E-state index contributed by atoms with van der Waals surface area (Å²) in [5.41, 5.74) is 0. The van der Waals surface area contributed by atoms with Crippen molar-refractivity contribution < 1.29 is 8.78 Å². The molecule has 0 aliphatic heterocycles. The molecule has 0 unspecified atom stereocenters. The molecule has 1 atom stereocenters. The first kappa shape index (κ1) is 14.9. The third-order valence-electron chi connectivity index (χ3n) is 2.79. The van der Waals surface area contributed by atoms with Crippen molar-refractivity contribution >= 4 is 0 Å². The number of hydrogen-bond acceptors (Lipinski definition) is 0. The molecule has 0 aromatic carbocycles. The Morgan fingerprint density at radius 1 is 0.800 bits per heavy atom. The standard InChI is InChI=1S/C13H26F2/c1-2-3-4-5-6-7-8-9-10-11-13(15)12-14/h13H,2-12H2,1H3/t13-/m1/s1. The minimum Gasteiger partial charge on any atom is -0.248 e. The van der Waals surface area contributed by atoms with Crippen LogP contribution < -0.4 is 0 Å². The van der Waals surface area contributed by atoms with E-state index in [1.807, 2.05) is 0 Å². The van der Waals surface area contributed by atoms with Crippen LogP contribution in [0.1, 0.15) is 71.1 Å². The molecule has 0 nitrogen and oxygen atoms in total. The fraction of sp³-hybridized carbons (Fsp3) is 1.00. The van der Waals surface area contributed by atoms with Crippen molar-refractivity contribution in [2.75, 3.05) is 6.67 Å². The zero-order valence-electron chi connectivity index (χ0n) is 10.1. The number of rotatable bonds is 11. The smallest absolute Gasteiger partial charge is 0.128 e. The van der Waals surface area contributed by atoms with Gasteiger partial charge in [0, 0.05) is 0 Å². The van der Waals surface area contributed by atoms with E-state index in [0.717, 1.165) is 12.8 Å². The quantitative estimate of drug-likeness (QED) is 0.419. The number of unbranched alkanes of at least 4 members (excludes halogenated alkanes) is 8. The maximum Gasteiger partial charge on any atom is 0.128 e. The summed E-state index contributed by atoms with van der Waals surface area (Å²) in [6, 6.07) is 0. The second-order valence-corrected chi connectivity index (χ2v) is 4.37. The Hall–Kier alpha value is -0.140. The van der Waals surface area contributed by atoms with Crippen molar-refractivity contribution in [1.82, 2.24) is 0 Å². The van der Waals surface area contributed by atoms with E-state index in [0.29, 0.717) is 6.42 Å². The molecule has 0 aliphatic rings. The summed E-state index contributed by atoms with van der Waals surface area (Å²) in [6.07, 6.45) is 10.2. The molecule has 0 amide bonds. The minimum absolute atomic E-state index is 0.409. The van der Waals surface area contributed by atoms with Crippen molar-refractivity contribution in [2.24, 2.45) is 0 Å². The maximum atomic E-state index is 12.5. The van der Waals surface area contributed by atoms with E-state index >= 15 is 0 Å². The minimum atomic E-state index is -1.21. The van der Waals surface area contributed by atoms with Gasteiger partial charge in [0.1, 0.15) is 12.8 Å². The van der Waals surface area contributed by atoms with Crippen LogP contribution in [0.5, 0.6) is 0 Å².